The molecule has 1 aromatic carbocycles. The number of methoxy groups -OCH3 is 1. The SMILES string of the molecule is COc1ccccc1C(=O)NC(C(=O)NCCC(=O)O)C(C)C. The molecule has 0 saturated carbocycles. The van der Waals surface area contributed by atoms with Crippen molar-refractivity contribution >= 4 is 17.8 Å². The molecular formula is C16H22N2O5. The molecule has 1 rings (SSSR count). The average molecular weight is 322 g/mol. The third kappa shape index (κ3) is 5.61. The van der Waals surface area contributed by atoms with Gasteiger partial charge < -0.3 is 20.5 Å². The van der Waals surface area contributed by atoms with E-state index in [-0.39, 0.29) is 18.9 Å². The third-order valence-corrected chi connectivity index (χ3v) is 3.23. The van der Waals surface area contributed by atoms with E-state index in [0.717, 1.165) is 0 Å². The van der Waals surface area contributed by atoms with Crippen LogP contribution < -0.4 is 15.4 Å². The number of para-hydroxylation sites is 1. The highest BCUT2D eigenvalue weighted by atomic mass is 16.5. The van der Waals surface area contributed by atoms with Crippen LogP contribution in [0.5, 0.6) is 5.75 Å². The van der Waals surface area contributed by atoms with Crippen molar-refractivity contribution in [3.8, 4) is 5.75 Å². The summed E-state index contributed by atoms with van der Waals surface area (Å²) in [5, 5.41) is 13.8. The van der Waals surface area contributed by atoms with Gasteiger partial charge in [-0.05, 0) is 18.1 Å². The molecule has 0 fully saturated rings. The van der Waals surface area contributed by atoms with Gasteiger partial charge in [-0.1, -0.05) is 26.0 Å². The summed E-state index contributed by atoms with van der Waals surface area (Å²) in [4.78, 5) is 35.0. The topological polar surface area (TPSA) is 105 Å². The Morgan fingerprint density at radius 1 is 1.22 bits per heavy atom. The minimum absolute atomic E-state index is 0.0158. The zero-order chi connectivity index (χ0) is 17.4. The summed E-state index contributed by atoms with van der Waals surface area (Å²) in [6, 6.07) is 5.95. The van der Waals surface area contributed by atoms with E-state index in [4.69, 9.17) is 9.84 Å². The Kier molecular flexibility index (Phi) is 7.05. The third-order valence-electron chi connectivity index (χ3n) is 3.23. The number of rotatable bonds is 8. The first-order chi connectivity index (χ1) is 10.9. The molecule has 126 valence electrons. The lowest BCUT2D eigenvalue weighted by Crippen LogP contribution is -2.50. The predicted octanol–water partition coefficient (Wildman–Crippen LogP) is 1.04. The quantitative estimate of drug-likeness (QED) is 0.663. The van der Waals surface area contributed by atoms with Crippen molar-refractivity contribution in [3.63, 3.8) is 0 Å². The molecule has 0 bridgehead atoms. The molecule has 0 radical (unpaired) electrons. The van der Waals surface area contributed by atoms with Gasteiger partial charge in [0.1, 0.15) is 11.8 Å². The van der Waals surface area contributed by atoms with Gasteiger partial charge in [-0.3, -0.25) is 14.4 Å². The van der Waals surface area contributed by atoms with Gasteiger partial charge in [0.15, 0.2) is 0 Å². The Balaban J connectivity index is 2.77. The number of hydrogen-bond donors (Lipinski definition) is 3. The second kappa shape index (κ2) is 8.77. The van der Waals surface area contributed by atoms with Gasteiger partial charge in [0.25, 0.3) is 5.91 Å². The minimum atomic E-state index is -0.996. The smallest absolute Gasteiger partial charge is 0.305 e. The number of hydrogen-bond acceptors (Lipinski definition) is 4. The van der Waals surface area contributed by atoms with Crippen LogP contribution in [0.2, 0.25) is 0 Å². The molecule has 0 aliphatic heterocycles. The lowest BCUT2D eigenvalue weighted by atomic mass is 10.0. The Morgan fingerprint density at radius 2 is 1.87 bits per heavy atom. The van der Waals surface area contributed by atoms with Crippen LogP contribution in [0.25, 0.3) is 0 Å². The number of ether oxygens (including phenoxy) is 1. The van der Waals surface area contributed by atoms with E-state index in [1.807, 2.05) is 0 Å². The van der Waals surface area contributed by atoms with E-state index < -0.39 is 23.8 Å². The summed E-state index contributed by atoms with van der Waals surface area (Å²) in [6.45, 7) is 3.61. The van der Waals surface area contributed by atoms with Crippen molar-refractivity contribution in [2.75, 3.05) is 13.7 Å². The Bertz CT molecular complexity index is 571. The van der Waals surface area contributed by atoms with Crippen molar-refractivity contribution in [2.45, 2.75) is 26.3 Å². The summed E-state index contributed by atoms with van der Waals surface area (Å²) in [5.41, 5.74) is 0.332. The van der Waals surface area contributed by atoms with Crippen LogP contribution in [0, 0.1) is 5.92 Å². The van der Waals surface area contributed by atoms with Crippen LogP contribution in [0.15, 0.2) is 24.3 Å². The zero-order valence-corrected chi connectivity index (χ0v) is 13.5. The van der Waals surface area contributed by atoms with Crippen LogP contribution in [0.4, 0.5) is 0 Å². The van der Waals surface area contributed by atoms with E-state index in [0.29, 0.717) is 11.3 Å². The molecule has 0 saturated heterocycles. The number of carboxylic acids is 1. The summed E-state index contributed by atoms with van der Waals surface area (Å²) < 4.78 is 5.13. The van der Waals surface area contributed by atoms with Crippen LogP contribution in [-0.2, 0) is 9.59 Å². The highest BCUT2D eigenvalue weighted by Crippen LogP contribution is 2.17. The second-order valence-corrected chi connectivity index (χ2v) is 5.33. The van der Waals surface area contributed by atoms with Gasteiger partial charge in [0.2, 0.25) is 5.91 Å². The van der Waals surface area contributed by atoms with Gasteiger partial charge in [0, 0.05) is 6.54 Å². The van der Waals surface area contributed by atoms with Gasteiger partial charge in [-0.2, -0.15) is 0 Å². The predicted molar refractivity (Wildman–Crippen MR) is 84.3 cm³/mol. The molecule has 2 amide bonds. The second-order valence-electron chi connectivity index (χ2n) is 5.33. The molecule has 0 aromatic heterocycles. The number of carbonyl (C=O) groups is 3. The molecule has 0 spiro atoms. The van der Waals surface area contributed by atoms with Gasteiger partial charge in [0.05, 0.1) is 19.1 Å². The maximum atomic E-state index is 12.4. The Labute approximate surface area is 135 Å². The normalized spacial score (nSPS) is 11.7. The first-order valence-electron chi connectivity index (χ1n) is 7.30. The van der Waals surface area contributed by atoms with E-state index in [1.165, 1.54) is 7.11 Å². The Hall–Kier alpha value is -2.57. The maximum absolute atomic E-state index is 12.4. The number of carbonyl (C=O) groups excluding carboxylic acids is 2. The molecule has 0 aliphatic carbocycles. The molecule has 0 heterocycles. The first-order valence-corrected chi connectivity index (χ1v) is 7.30. The fourth-order valence-corrected chi connectivity index (χ4v) is 1.99. The van der Waals surface area contributed by atoms with Crippen molar-refractivity contribution in [1.29, 1.82) is 0 Å². The van der Waals surface area contributed by atoms with Crippen LogP contribution in [0.1, 0.15) is 30.6 Å². The number of benzene rings is 1. The summed E-state index contributed by atoms with van der Waals surface area (Å²) in [7, 11) is 1.46. The number of aliphatic carboxylic acids is 1. The summed E-state index contributed by atoms with van der Waals surface area (Å²) in [6.07, 6.45) is -0.170. The Morgan fingerprint density at radius 3 is 2.43 bits per heavy atom. The first kappa shape index (κ1) is 18.5. The maximum Gasteiger partial charge on any atom is 0.305 e. The summed E-state index contributed by atoms with van der Waals surface area (Å²) in [5.74, 6) is -1.57. The number of nitrogens with one attached hydrogen (secondary N) is 2. The summed E-state index contributed by atoms with van der Waals surface area (Å²) >= 11 is 0. The van der Waals surface area contributed by atoms with Crippen LogP contribution in [-0.4, -0.2) is 42.6 Å². The fourth-order valence-electron chi connectivity index (χ4n) is 1.99. The molecule has 3 N–H and O–H groups in total. The van der Waals surface area contributed by atoms with E-state index in [2.05, 4.69) is 10.6 Å². The molecule has 7 heteroatoms. The molecule has 0 aliphatic rings. The van der Waals surface area contributed by atoms with E-state index >= 15 is 0 Å². The van der Waals surface area contributed by atoms with Crippen molar-refractivity contribution in [1.82, 2.24) is 10.6 Å². The molecular weight excluding hydrogens is 300 g/mol. The average Bonchev–Trinajstić information content (AvgIpc) is 2.51. The van der Waals surface area contributed by atoms with Gasteiger partial charge >= 0.3 is 5.97 Å². The largest absolute Gasteiger partial charge is 0.496 e. The monoisotopic (exact) mass is 322 g/mol. The number of amides is 2. The standard InChI is InChI=1S/C16H22N2O5/c1-10(2)14(16(22)17-9-8-13(19)20)18-15(21)11-6-4-5-7-12(11)23-3/h4-7,10,14H,8-9H2,1-3H3,(H,17,22)(H,18,21)(H,19,20). The van der Waals surface area contributed by atoms with E-state index in [1.54, 1.807) is 38.1 Å². The molecule has 23 heavy (non-hydrogen) atoms. The zero-order valence-electron chi connectivity index (χ0n) is 13.5. The minimum Gasteiger partial charge on any atom is -0.496 e. The molecule has 1 unspecified atom stereocenters. The molecule has 7 nitrogen and oxygen atoms in total. The molecule has 1 atom stereocenters. The van der Waals surface area contributed by atoms with Crippen LogP contribution in [0.3, 0.4) is 0 Å². The lowest BCUT2D eigenvalue weighted by Gasteiger charge is -2.22. The highest BCUT2D eigenvalue weighted by Gasteiger charge is 2.25. The molecule has 1 aromatic rings. The lowest BCUT2D eigenvalue weighted by molar-refractivity contribution is -0.137. The fraction of sp³-hybridized carbons (Fsp3) is 0.438. The van der Waals surface area contributed by atoms with Crippen LogP contribution >= 0.6 is 0 Å². The van der Waals surface area contributed by atoms with Crippen molar-refractivity contribution < 1.29 is 24.2 Å². The van der Waals surface area contributed by atoms with Gasteiger partial charge in [-0.25, -0.2) is 0 Å². The number of carboxylic acid groups (broad SMARTS) is 1. The van der Waals surface area contributed by atoms with Crippen molar-refractivity contribution in [3.05, 3.63) is 29.8 Å². The van der Waals surface area contributed by atoms with E-state index in [9.17, 15) is 14.4 Å². The van der Waals surface area contributed by atoms with Crippen molar-refractivity contribution in [2.24, 2.45) is 5.92 Å². The van der Waals surface area contributed by atoms with Gasteiger partial charge in [-0.15, -0.1) is 0 Å². The highest BCUT2D eigenvalue weighted by molar-refractivity contribution is 5.99.